The fourth-order valence-electron chi connectivity index (χ4n) is 6.05. The molecule has 3 aliphatic rings. The van der Waals surface area contributed by atoms with Crippen LogP contribution in [0.4, 0.5) is 0 Å². The number of rotatable bonds is 5. The summed E-state index contributed by atoms with van der Waals surface area (Å²) < 4.78 is 0. The monoisotopic (exact) mass is 458 g/mol. The molecule has 34 heavy (non-hydrogen) atoms. The molecule has 2 heterocycles. The Labute approximate surface area is 199 Å². The molecular weight excluding hydrogens is 428 g/mol. The van der Waals surface area contributed by atoms with Crippen molar-refractivity contribution < 1.29 is 19.2 Å². The van der Waals surface area contributed by atoms with Crippen molar-refractivity contribution in [1.82, 2.24) is 9.80 Å². The summed E-state index contributed by atoms with van der Waals surface area (Å²) in [6.07, 6.45) is 4.71. The summed E-state index contributed by atoms with van der Waals surface area (Å²) in [5.74, 6) is -0.897. The topological polar surface area (TPSA) is 74.8 Å². The molecule has 6 heteroatoms. The van der Waals surface area contributed by atoms with Crippen LogP contribution < -0.4 is 0 Å². The second kappa shape index (κ2) is 9.16. The zero-order chi connectivity index (χ0) is 23.8. The lowest BCUT2D eigenvalue weighted by Gasteiger charge is -2.41. The standard InChI is InChI=1S/C28H30N2O4/c1-18(31)20-9-4-5-11-22(20)26(32)29-16-14-19-8-2-3-10-21(19)25(29)15-17-30-27(33)23-12-6-7-13-24(23)28(30)34/h2-3,6-8,10,12-13,20,22,25H,4-5,9,11,14-17H2,1H3/t20-,22-,25-/m1/s1. The molecule has 176 valence electrons. The third-order valence-electron chi connectivity index (χ3n) is 7.81. The van der Waals surface area contributed by atoms with Crippen molar-refractivity contribution in [3.05, 3.63) is 70.8 Å². The van der Waals surface area contributed by atoms with Gasteiger partial charge in [0.1, 0.15) is 5.78 Å². The number of benzene rings is 2. The van der Waals surface area contributed by atoms with Crippen molar-refractivity contribution >= 4 is 23.5 Å². The Hall–Kier alpha value is -3.28. The van der Waals surface area contributed by atoms with Crippen LogP contribution in [0.2, 0.25) is 0 Å². The van der Waals surface area contributed by atoms with Gasteiger partial charge in [-0.15, -0.1) is 0 Å². The van der Waals surface area contributed by atoms with Crippen LogP contribution in [-0.2, 0) is 16.0 Å². The highest BCUT2D eigenvalue weighted by Crippen LogP contribution is 2.38. The van der Waals surface area contributed by atoms with Gasteiger partial charge < -0.3 is 4.90 Å². The maximum atomic E-state index is 13.8. The number of hydrogen-bond acceptors (Lipinski definition) is 4. The summed E-state index contributed by atoms with van der Waals surface area (Å²) >= 11 is 0. The number of fused-ring (bicyclic) bond motifs is 2. The SMILES string of the molecule is CC(=O)[C@H]1CCCC[C@H]1C(=O)N1CCc2ccccc2[C@H]1CCN1C(=O)c2ccccc2C1=O. The first-order valence-corrected chi connectivity index (χ1v) is 12.3. The first-order valence-electron chi connectivity index (χ1n) is 12.3. The summed E-state index contributed by atoms with van der Waals surface area (Å²) in [5.41, 5.74) is 3.16. The number of carbonyl (C=O) groups excluding carboxylic acids is 4. The highest BCUT2D eigenvalue weighted by Gasteiger charge is 2.41. The molecule has 0 radical (unpaired) electrons. The predicted molar refractivity (Wildman–Crippen MR) is 127 cm³/mol. The molecular formula is C28H30N2O4. The molecule has 0 N–H and O–H groups in total. The summed E-state index contributed by atoms with van der Waals surface area (Å²) in [4.78, 5) is 55.1. The van der Waals surface area contributed by atoms with Crippen molar-refractivity contribution in [2.75, 3.05) is 13.1 Å². The molecule has 0 bridgehead atoms. The highest BCUT2D eigenvalue weighted by atomic mass is 16.2. The van der Waals surface area contributed by atoms with Gasteiger partial charge in [0.25, 0.3) is 11.8 Å². The summed E-state index contributed by atoms with van der Waals surface area (Å²) in [7, 11) is 0. The fraction of sp³-hybridized carbons (Fsp3) is 0.429. The Morgan fingerprint density at radius 1 is 0.882 bits per heavy atom. The number of Topliss-reactive ketones (excluding diaryl/α,β-unsaturated/α-hetero) is 1. The Kier molecular flexibility index (Phi) is 6.07. The molecule has 0 unspecified atom stereocenters. The molecule has 0 spiro atoms. The van der Waals surface area contributed by atoms with Crippen LogP contribution in [0.5, 0.6) is 0 Å². The van der Waals surface area contributed by atoms with E-state index in [2.05, 4.69) is 6.07 Å². The normalized spacial score (nSPS) is 24.1. The van der Waals surface area contributed by atoms with Crippen LogP contribution in [0.3, 0.4) is 0 Å². The molecule has 6 nitrogen and oxygen atoms in total. The lowest BCUT2D eigenvalue weighted by Crippen LogP contribution is -2.47. The van der Waals surface area contributed by atoms with Gasteiger partial charge in [-0.1, -0.05) is 49.2 Å². The molecule has 1 aliphatic carbocycles. The van der Waals surface area contributed by atoms with E-state index in [9.17, 15) is 19.2 Å². The first kappa shape index (κ1) is 22.5. The lowest BCUT2D eigenvalue weighted by atomic mass is 9.76. The first-order chi connectivity index (χ1) is 16.5. The van der Waals surface area contributed by atoms with Crippen molar-refractivity contribution in [1.29, 1.82) is 0 Å². The number of ketones is 1. The van der Waals surface area contributed by atoms with Crippen molar-refractivity contribution in [3.8, 4) is 0 Å². The van der Waals surface area contributed by atoms with E-state index in [1.807, 2.05) is 23.1 Å². The Balaban J connectivity index is 1.41. The molecule has 2 aliphatic heterocycles. The molecule has 3 atom stereocenters. The van der Waals surface area contributed by atoms with Crippen LogP contribution in [-0.4, -0.2) is 46.4 Å². The fourth-order valence-corrected chi connectivity index (χ4v) is 6.05. The van der Waals surface area contributed by atoms with Crippen molar-refractivity contribution in [2.45, 2.75) is 51.5 Å². The summed E-state index contributed by atoms with van der Waals surface area (Å²) in [6.45, 7) is 2.43. The second-order valence-electron chi connectivity index (χ2n) is 9.70. The minimum atomic E-state index is -0.279. The van der Waals surface area contributed by atoms with Crippen LogP contribution in [0, 0.1) is 11.8 Å². The molecule has 1 fully saturated rings. The Bertz CT molecular complexity index is 1120. The van der Waals surface area contributed by atoms with Gasteiger partial charge in [0.15, 0.2) is 0 Å². The van der Waals surface area contributed by atoms with Crippen LogP contribution in [0.15, 0.2) is 48.5 Å². The van der Waals surface area contributed by atoms with E-state index in [4.69, 9.17) is 0 Å². The van der Waals surface area contributed by atoms with Crippen molar-refractivity contribution in [3.63, 3.8) is 0 Å². The van der Waals surface area contributed by atoms with Gasteiger partial charge >= 0.3 is 0 Å². The van der Waals surface area contributed by atoms with Gasteiger partial charge in [0.05, 0.1) is 17.2 Å². The molecule has 0 aromatic heterocycles. The van der Waals surface area contributed by atoms with E-state index in [-0.39, 0.29) is 47.9 Å². The minimum Gasteiger partial charge on any atom is -0.335 e. The van der Waals surface area contributed by atoms with Gasteiger partial charge in [0, 0.05) is 24.9 Å². The Morgan fingerprint density at radius 2 is 1.50 bits per heavy atom. The lowest BCUT2D eigenvalue weighted by molar-refractivity contribution is -0.145. The van der Waals surface area contributed by atoms with E-state index in [0.29, 0.717) is 24.1 Å². The van der Waals surface area contributed by atoms with E-state index < -0.39 is 0 Å². The minimum absolute atomic E-state index is 0.0433. The number of carbonyl (C=O) groups is 4. The maximum absolute atomic E-state index is 13.8. The molecule has 2 aromatic rings. The molecule has 2 aromatic carbocycles. The maximum Gasteiger partial charge on any atom is 0.261 e. The highest BCUT2D eigenvalue weighted by molar-refractivity contribution is 6.21. The van der Waals surface area contributed by atoms with Gasteiger partial charge in [-0.05, 0) is 55.9 Å². The van der Waals surface area contributed by atoms with Gasteiger partial charge in [-0.2, -0.15) is 0 Å². The number of imide groups is 1. The average Bonchev–Trinajstić information content (AvgIpc) is 3.11. The van der Waals surface area contributed by atoms with Crippen LogP contribution >= 0.6 is 0 Å². The quantitative estimate of drug-likeness (QED) is 0.630. The Morgan fingerprint density at radius 3 is 2.18 bits per heavy atom. The zero-order valence-corrected chi connectivity index (χ0v) is 19.5. The summed E-state index contributed by atoms with van der Waals surface area (Å²) in [5, 5.41) is 0. The number of hydrogen-bond donors (Lipinski definition) is 0. The van der Waals surface area contributed by atoms with E-state index in [0.717, 1.165) is 37.7 Å². The predicted octanol–water partition coefficient (Wildman–Crippen LogP) is 4.19. The van der Waals surface area contributed by atoms with Crippen LogP contribution in [0.25, 0.3) is 0 Å². The molecule has 0 saturated heterocycles. The van der Waals surface area contributed by atoms with E-state index in [1.54, 1.807) is 31.2 Å². The molecule has 1 saturated carbocycles. The van der Waals surface area contributed by atoms with Gasteiger partial charge in [0.2, 0.25) is 5.91 Å². The van der Waals surface area contributed by atoms with Gasteiger partial charge in [-0.3, -0.25) is 24.1 Å². The third-order valence-corrected chi connectivity index (χ3v) is 7.81. The largest absolute Gasteiger partial charge is 0.335 e. The van der Waals surface area contributed by atoms with E-state index >= 15 is 0 Å². The number of nitrogens with zero attached hydrogens (tertiary/aromatic N) is 2. The average molecular weight is 459 g/mol. The smallest absolute Gasteiger partial charge is 0.261 e. The van der Waals surface area contributed by atoms with Crippen LogP contribution in [0.1, 0.15) is 76.9 Å². The van der Waals surface area contributed by atoms with E-state index in [1.165, 1.54) is 10.5 Å². The van der Waals surface area contributed by atoms with Gasteiger partial charge in [-0.25, -0.2) is 0 Å². The third kappa shape index (κ3) is 3.85. The second-order valence-corrected chi connectivity index (χ2v) is 9.70. The summed E-state index contributed by atoms with van der Waals surface area (Å²) in [6, 6.07) is 14.8. The van der Waals surface area contributed by atoms with Crippen molar-refractivity contribution in [2.24, 2.45) is 11.8 Å². The molecule has 3 amide bonds. The number of amides is 3. The molecule has 5 rings (SSSR count). The zero-order valence-electron chi connectivity index (χ0n) is 19.5.